The largest absolute Gasteiger partial charge is 0.384 e. The zero-order valence-electron chi connectivity index (χ0n) is 22.7. The van der Waals surface area contributed by atoms with Gasteiger partial charge in [-0.15, -0.1) is 5.10 Å². The van der Waals surface area contributed by atoms with Crippen LogP contribution in [0.2, 0.25) is 0 Å². The molecule has 8 N–H and O–H groups in total. The molecule has 6 rings (SSSR count). The van der Waals surface area contributed by atoms with Crippen molar-refractivity contribution in [2.24, 2.45) is 0 Å². The molecule has 2 aliphatic rings. The van der Waals surface area contributed by atoms with Crippen molar-refractivity contribution in [1.82, 2.24) is 39.5 Å². The smallest absolute Gasteiger partial charge is 0.325 e. The van der Waals surface area contributed by atoms with E-state index in [1.54, 1.807) is 0 Å². The second-order valence-corrected chi connectivity index (χ2v) is 14.6. The Balaban J connectivity index is 1.22. The van der Waals surface area contributed by atoms with Crippen LogP contribution in [-0.2, 0) is 46.7 Å². The van der Waals surface area contributed by atoms with Crippen LogP contribution >= 0.6 is 13.9 Å². The highest BCUT2D eigenvalue weighted by Gasteiger charge is 2.60. The standard InChI is InChI=1S/C20H23F3N10O9P2S2/c21-9-7(3-38-43(36)45)40-17(33-15-10(30-31-33)16(35)29-19(25)28-15)11(9)42-44(37,46)39-4-8-12(34)20(22,23)18(41-8)32-2-1-6-13(24)26-5-27-14(6)32/h1-2,5,7-9,11-12,17-18,34,43H,3-4H2,(H,36,45)(H,37,46)(H2,24,26,27)(H3,25,28,29,35)/t7-,8-,9+,11-,12-,17-,18-,44?/m1/s1. The van der Waals surface area contributed by atoms with E-state index in [0.29, 0.717) is 0 Å². The van der Waals surface area contributed by atoms with Crippen molar-refractivity contribution in [2.75, 3.05) is 24.7 Å². The number of alkyl halides is 3. The van der Waals surface area contributed by atoms with Crippen molar-refractivity contribution in [3.05, 3.63) is 28.9 Å². The third-order valence-electron chi connectivity index (χ3n) is 7.06. The van der Waals surface area contributed by atoms with Gasteiger partial charge in [-0.2, -0.15) is 18.4 Å². The number of aromatic amines is 1. The molecule has 0 bridgehead atoms. The van der Waals surface area contributed by atoms with Gasteiger partial charge in [-0.25, -0.2) is 14.4 Å². The van der Waals surface area contributed by atoms with Gasteiger partial charge >= 0.3 is 12.6 Å². The SMILES string of the molecule is Nc1nc2c(nnn2[C@@H]2O[C@H](CO[PH](O)=S)[C@H](F)[C@H]2OP(O)(=S)OC[C@H]2O[C@@H](n3ccc4c(N)ncnc43)C(F)(F)[C@@H]2O)c(=O)[nH]1. The fraction of sp³-hybridized carbons (Fsp3) is 0.500. The molecule has 2 aliphatic heterocycles. The number of H-pyrrole nitrogens is 1. The summed E-state index contributed by atoms with van der Waals surface area (Å²) in [5.74, 6) is -4.19. The summed E-state index contributed by atoms with van der Waals surface area (Å²) in [6, 6.07) is 1.39. The Bertz CT molecular complexity index is 1920. The molecule has 0 amide bonds. The fourth-order valence-corrected chi connectivity index (χ4v) is 6.87. The predicted octanol–water partition coefficient (Wildman–Crippen LogP) is -0.613. The molecule has 4 aromatic heterocycles. The summed E-state index contributed by atoms with van der Waals surface area (Å²) in [5.41, 5.74) is 10.1. The number of halogens is 3. The summed E-state index contributed by atoms with van der Waals surface area (Å²) in [7, 11) is -2.69. The second kappa shape index (κ2) is 12.4. The van der Waals surface area contributed by atoms with Crippen LogP contribution in [-0.4, -0.2) is 104 Å². The zero-order valence-corrected chi connectivity index (χ0v) is 26.2. The van der Waals surface area contributed by atoms with E-state index in [9.17, 15) is 19.7 Å². The lowest BCUT2D eigenvalue weighted by Gasteiger charge is -2.25. The number of nitrogens with one attached hydrogen (secondary N) is 1. The first-order valence-corrected chi connectivity index (χ1v) is 18.0. The fourth-order valence-electron chi connectivity index (χ4n) is 4.96. The molecule has 0 spiro atoms. The number of nitrogens with two attached hydrogens (primary N) is 2. The van der Waals surface area contributed by atoms with Gasteiger partial charge in [0.2, 0.25) is 12.2 Å². The van der Waals surface area contributed by atoms with E-state index < -0.39 is 81.6 Å². The Morgan fingerprint density at radius 1 is 1.22 bits per heavy atom. The molecule has 9 atom stereocenters. The van der Waals surface area contributed by atoms with Gasteiger partial charge in [0.15, 0.2) is 36.8 Å². The number of hydrogen-bond donors (Lipinski definition) is 6. The number of nitrogens with zero attached hydrogens (tertiary/aromatic N) is 7. The molecule has 2 unspecified atom stereocenters. The average molecular weight is 731 g/mol. The maximum absolute atomic E-state index is 15.7. The number of aliphatic hydroxyl groups is 1. The van der Waals surface area contributed by atoms with Gasteiger partial charge in [0.1, 0.15) is 36.1 Å². The van der Waals surface area contributed by atoms with Gasteiger partial charge in [-0.3, -0.25) is 14.3 Å². The molecule has 0 aromatic carbocycles. The predicted molar refractivity (Wildman–Crippen MR) is 157 cm³/mol. The Morgan fingerprint density at radius 2 is 1.98 bits per heavy atom. The number of aliphatic hydroxyl groups excluding tert-OH is 1. The molecule has 2 fully saturated rings. The van der Waals surface area contributed by atoms with Crippen molar-refractivity contribution in [1.29, 1.82) is 0 Å². The van der Waals surface area contributed by atoms with Crippen molar-refractivity contribution >= 4 is 71.4 Å². The average Bonchev–Trinajstić information content (AvgIpc) is 3.72. The normalized spacial score (nSPS) is 29.8. The molecule has 0 aliphatic carbocycles. The van der Waals surface area contributed by atoms with Gasteiger partial charge in [0.25, 0.3) is 5.56 Å². The summed E-state index contributed by atoms with van der Waals surface area (Å²) in [5, 5.41) is 18.2. The van der Waals surface area contributed by atoms with Crippen LogP contribution in [0.25, 0.3) is 22.2 Å². The molecule has 250 valence electrons. The van der Waals surface area contributed by atoms with Crippen LogP contribution in [0, 0.1) is 0 Å². The van der Waals surface area contributed by atoms with E-state index in [-0.39, 0.29) is 34.0 Å². The van der Waals surface area contributed by atoms with Gasteiger partial charge in [0.05, 0.1) is 18.6 Å². The highest BCUT2D eigenvalue weighted by atomic mass is 32.5. The molecule has 26 heteroatoms. The van der Waals surface area contributed by atoms with E-state index in [4.69, 9.17) is 46.3 Å². The molecule has 19 nitrogen and oxygen atoms in total. The molecule has 0 radical (unpaired) electrons. The van der Waals surface area contributed by atoms with Crippen LogP contribution in [0.15, 0.2) is 23.4 Å². The summed E-state index contributed by atoms with van der Waals surface area (Å²) >= 11 is 9.65. The van der Waals surface area contributed by atoms with Gasteiger partial charge in [-0.05, 0) is 29.7 Å². The van der Waals surface area contributed by atoms with Crippen molar-refractivity contribution in [2.45, 2.75) is 49.0 Å². The summed E-state index contributed by atoms with van der Waals surface area (Å²) in [6.07, 6.45) is -11.1. The summed E-state index contributed by atoms with van der Waals surface area (Å²) in [6.45, 7) is -6.04. The second-order valence-electron chi connectivity index (χ2n) is 9.94. The minimum Gasteiger partial charge on any atom is -0.384 e. The summed E-state index contributed by atoms with van der Waals surface area (Å²) < 4.78 is 74.6. The first-order valence-electron chi connectivity index (χ1n) is 12.9. The Kier molecular flexibility index (Phi) is 8.93. The number of ether oxygens (including phenoxy) is 2. The lowest BCUT2D eigenvalue weighted by Crippen LogP contribution is -2.39. The van der Waals surface area contributed by atoms with Crippen LogP contribution in [0.1, 0.15) is 12.5 Å². The van der Waals surface area contributed by atoms with Crippen LogP contribution in [0.3, 0.4) is 0 Å². The van der Waals surface area contributed by atoms with Crippen LogP contribution < -0.4 is 17.0 Å². The monoisotopic (exact) mass is 730 g/mol. The van der Waals surface area contributed by atoms with Crippen molar-refractivity contribution in [3.8, 4) is 0 Å². The van der Waals surface area contributed by atoms with Gasteiger partial charge in [-0.1, -0.05) is 5.21 Å². The maximum atomic E-state index is 15.7. The first kappa shape index (κ1) is 33.2. The van der Waals surface area contributed by atoms with E-state index in [0.717, 1.165) is 15.6 Å². The van der Waals surface area contributed by atoms with E-state index in [1.807, 2.05) is 0 Å². The topological polar surface area (TPSA) is 266 Å². The van der Waals surface area contributed by atoms with Gasteiger partial charge in [0, 0.05) is 6.20 Å². The van der Waals surface area contributed by atoms with E-state index >= 15 is 13.2 Å². The lowest BCUT2D eigenvalue weighted by atomic mass is 10.1. The van der Waals surface area contributed by atoms with Crippen LogP contribution in [0.5, 0.6) is 0 Å². The molecular formula is C20H23F3N10O9P2S2. The van der Waals surface area contributed by atoms with Gasteiger partial charge < -0.3 is 49.4 Å². The number of aromatic nitrogens is 8. The number of nitrogen functional groups attached to an aromatic ring is 2. The molecule has 4 aromatic rings. The maximum Gasteiger partial charge on any atom is 0.325 e. The quantitative estimate of drug-likeness (QED) is 0.111. The third kappa shape index (κ3) is 6.04. The third-order valence-corrected chi connectivity index (χ3v) is 9.39. The highest BCUT2D eigenvalue weighted by molar-refractivity contribution is 8.07. The van der Waals surface area contributed by atoms with Crippen molar-refractivity contribution < 1.29 is 51.1 Å². The number of rotatable bonds is 10. The zero-order chi connectivity index (χ0) is 33.1. The Labute approximate surface area is 264 Å². The minimum absolute atomic E-state index is 0.00531. The molecular weight excluding hydrogens is 707 g/mol. The van der Waals surface area contributed by atoms with Crippen molar-refractivity contribution in [3.63, 3.8) is 0 Å². The Morgan fingerprint density at radius 3 is 2.72 bits per heavy atom. The number of hydrogen-bond acceptors (Lipinski definition) is 16. The van der Waals surface area contributed by atoms with E-state index in [2.05, 4.69) is 42.1 Å². The minimum atomic E-state index is -4.55. The number of anilines is 2. The van der Waals surface area contributed by atoms with Crippen LogP contribution in [0.4, 0.5) is 24.9 Å². The highest BCUT2D eigenvalue weighted by Crippen LogP contribution is 2.52. The Hall–Kier alpha value is -2.73. The summed E-state index contributed by atoms with van der Waals surface area (Å²) in [4.78, 5) is 46.4. The molecule has 46 heavy (non-hydrogen) atoms. The first-order chi connectivity index (χ1) is 21.7. The lowest BCUT2D eigenvalue weighted by molar-refractivity contribution is -0.138. The molecule has 6 heterocycles. The molecule has 0 saturated carbocycles. The number of fused-ring (bicyclic) bond motifs is 2. The van der Waals surface area contributed by atoms with E-state index in [1.165, 1.54) is 12.3 Å². The molecule has 2 saturated heterocycles.